The van der Waals surface area contributed by atoms with E-state index in [-0.39, 0.29) is 17.7 Å². The first-order chi connectivity index (χ1) is 11.8. The lowest BCUT2D eigenvalue weighted by Gasteiger charge is -2.19. The number of aryl methyl sites for hydroxylation is 2. The average Bonchev–Trinajstić information content (AvgIpc) is 2.74. The summed E-state index contributed by atoms with van der Waals surface area (Å²) in [6.45, 7) is 1.47. The zero-order chi connectivity index (χ0) is 18.0. The van der Waals surface area contributed by atoms with E-state index in [9.17, 15) is 13.2 Å². The Morgan fingerprint density at radius 2 is 1.96 bits per heavy atom. The van der Waals surface area contributed by atoms with Crippen LogP contribution in [-0.2, 0) is 19.0 Å². The molecule has 0 aliphatic heterocycles. The standard InChI is InChI=1S/C18H20F3N3O/c1-11-22-16(18(19,20)21)10-17(23-11)24-14-5-3-4-12-6-7-15(25-2)9-13(12)8-14/h6-7,9-10,14H,3-5,8H2,1-2H3,(H,22,23,24). The molecule has 1 aromatic heterocycles. The van der Waals surface area contributed by atoms with Gasteiger partial charge in [0.15, 0.2) is 0 Å². The Bertz CT molecular complexity index is 762. The third-order valence-corrected chi connectivity index (χ3v) is 4.36. The van der Waals surface area contributed by atoms with Crippen LogP contribution in [0.15, 0.2) is 24.3 Å². The van der Waals surface area contributed by atoms with Gasteiger partial charge in [-0.15, -0.1) is 0 Å². The third-order valence-electron chi connectivity index (χ3n) is 4.36. The van der Waals surface area contributed by atoms with Gasteiger partial charge >= 0.3 is 6.18 Å². The maximum Gasteiger partial charge on any atom is 0.433 e. The first-order valence-corrected chi connectivity index (χ1v) is 8.20. The quantitative estimate of drug-likeness (QED) is 0.843. The molecular formula is C18H20F3N3O. The highest BCUT2D eigenvalue weighted by Gasteiger charge is 2.33. The number of hydrogen-bond acceptors (Lipinski definition) is 4. The number of anilines is 1. The van der Waals surface area contributed by atoms with Crippen LogP contribution in [0.1, 0.15) is 35.5 Å². The molecule has 4 nitrogen and oxygen atoms in total. The van der Waals surface area contributed by atoms with Crippen molar-refractivity contribution in [1.29, 1.82) is 0 Å². The summed E-state index contributed by atoms with van der Waals surface area (Å²) < 4.78 is 44.1. The SMILES string of the molecule is COc1ccc2c(c1)CC(Nc1cc(C(F)(F)F)nc(C)n1)CCC2. The van der Waals surface area contributed by atoms with E-state index in [0.29, 0.717) is 0 Å². The number of benzene rings is 1. The summed E-state index contributed by atoms with van der Waals surface area (Å²) in [7, 11) is 1.62. The summed E-state index contributed by atoms with van der Waals surface area (Å²) >= 11 is 0. The molecule has 25 heavy (non-hydrogen) atoms. The molecule has 1 aromatic carbocycles. The van der Waals surface area contributed by atoms with Gasteiger partial charge in [-0.3, -0.25) is 0 Å². The second-order valence-electron chi connectivity index (χ2n) is 6.26. The Hall–Kier alpha value is -2.31. The molecule has 3 rings (SSSR count). The van der Waals surface area contributed by atoms with Gasteiger partial charge < -0.3 is 10.1 Å². The average molecular weight is 351 g/mol. The smallest absolute Gasteiger partial charge is 0.433 e. The number of aromatic nitrogens is 2. The molecule has 1 atom stereocenters. The van der Waals surface area contributed by atoms with Gasteiger partial charge in [-0.2, -0.15) is 13.2 Å². The number of ether oxygens (including phenoxy) is 1. The number of alkyl halides is 3. The van der Waals surface area contributed by atoms with E-state index in [1.165, 1.54) is 12.5 Å². The number of nitrogens with one attached hydrogen (secondary N) is 1. The number of hydrogen-bond donors (Lipinski definition) is 1. The summed E-state index contributed by atoms with van der Waals surface area (Å²) in [6, 6.07) is 7.00. The van der Waals surface area contributed by atoms with Crippen molar-refractivity contribution in [3.8, 4) is 5.75 Å². The summed E-state index contributed by atoms with van der Waals surface area (Å²) in [5.74, 6) is 1.11. The summed E-state index contributed by atoms with van der Waals surface area (Å²) in [4.78, 5) is 7.60. The second-order valence-corrected chi connectivity index (χ2v) is 6.26. The monoisotopic (exact) mass is 351 g/mol. The zero-order valence-corrected chi connectivity index (χ0v) is 14.2. The topological polar surface area (TPSA) is 47.0 Å². The Labute approximate surface area is 144 Å². The Morgan fingerprint density at radius 1 is 1.16 bits per heavy atom. The predicted octanol–water partition coefficient (Wildman–Crippen LogP) is 4.17. The molecule has 1 aliphatic carbocycles. The molecule has 0 fully saturated rings. The van der Waals surface area contributed by atoms with Crippen molar-refractivity contribution in [2.75, 3.05) is 12.4 Å². The fraction of sp³-hybridized carbons (Fsp3) is 0.444. The highest BCUT2D eigenvalue weighted by Crippen LogP contribution is 2.30. The van der Waals surface area contributed by atoms with Crippen LogP contribution >= 0.6 is 0 Å². The van der Waals surface area contributed by atoms with E-state index >= 15 is 0 Å². The molecule has 1 unspecified atom stereocenters. The molecule has 0 amide bonds. The molecule has 0 spiro atoms. The Balaban J connectivity index is 1.82. The molecule has 0 saturated heterocycles. The maximum atomic E-state index is 12.9. The highest BCUT2D eigenvalue weighted by atomic mass is 19.4. The van der Waals surface area contributed by atoms with E-state index in [1.807, 2.05) is 12.1 Å². The fourth-order valence-corrected chi connectivity index (χ4v) is 3.19. The number of fused-ring (bicyclic) bond motifs is 1. The Morgan fingerprint density at radius 3 is 2.68 bits per heavy atom. The van der Waals surface area contributed by atoms with Crippen LogP contribution in [0.3, 0.4) is 0 Å². The number of rotatable bonds is 3. The van der Waals surface area contributed by atoms with Crippen LogP contribution in [0.2, 0.25) is 0 Å². The summed E-state index contributed by atoms with van der Waals surface area (Å²) in [5, 5.41) is 3.16. The first-order valence-electron chi connectivity index (χ1n) is 8.20. The van der Waals surface area contributed by atoms with Crippen molar-refractivity contribution < 1.29 is 17.9 Å². The van der Waals surface area contributed by atoms with Crippen molar-refractivity contribution in [1.82, 2.24) is 9.97 Å². The zero-order valence-electron chi connectivity index (χ0n) is 14.2. The van der Waals surface area contributed by atoms with Crippen LogP contribution in [0, 0.1) is 6.92 Å². The number of halogens is 3. The van der Waals surface area contributed by atoms with Crippen molar-refractivity contribution in [3.63, 3.8) is 0 Å². The van der Waals surface area contributed by atoms with Crippen LogP contribution in [-0.4, -0.2) is 23.1 Å². The molecule has 0 bridgehead atoms. The molecule has 0 saturated carbocycles. The molecule has 7 heteroatoms. The molecule has 1 N–H and O–H groups in total. The maximum absolute atomic E-state index is 12.9. The van der Waals surface area contributed by atoms with Crippen molar-refractivity contribution >= 4 is 5.82 Å². The summed E-state index contributed by atoms with van der Waals surface area (Å²) in [5.41, 5.74) is 1.51. The lowest BCUT2D eigenvalue weighted by atomic mass is 10.0. The van der Waals surface area contributed by atoms with E-state index < -0.39 is 11.9 Å². The van der Waals surface area contributed by atoms with E-state index in [2.05, 4.69) is 21.4 Å². The minimum absolute atomic E-state index is 0.0174. The van der Waals surface area contributed by atoms with E-state index in [0.717, 1.165) is 43.1 Å². The minimum Gasteiger partial charge on any atom is -0.497 e. The van der Waals surface area contributed by atoms with Crippen LogP contribution in [0.4, 0.5) is 19.0 Å². The van der Waals surface area contributed by atoms with Gasteiger partial charge in [0.2, 0.25) is 0 Å². The molecular weight excluding hydrogens is 331 g/mol. The lowest BCUT2D eigenvalue weighted by Crippen LogP contribution is -2.23. The fourth-order valence-electron chi connectivity index (χ4n) is 3.19. The number of nitrogens with zero attached hydrogens (tertiary/aromatic N) is 2. The second kappa shape index (κ2) is 6.90. The molecule has 2 aromatic rings. The van der Waals surface area contributed by atoms with E-state index in [1.54, 1.807) is 7.11 Å². The van der Waals surface area contributed by atoms with Crippen LogP contribution in [0.5, 0.6) is 5.75 Å². The summed E-state index contributed by atoms with van der Waals surface area (Å²) in [6.07, 6.45) is -0.979. The van der Waals surface area contributed by atoms with Gasteiger partial charge in [0.05, 0.1) is 7.11 Å². The van der Waals surface area contributed by atoms with Crippen molar-refractivity contribution in [2.45, 2.75) is 44.8 Å². The lowest BCUT2D eigenvalue weighted by molar-refractivity contribution is -0.141. The molecule has 1 heterocycles. The first kappa shape index (κ1) is 17.5. The van der Waals surface area contributed by atoms with Crippen molar-refractivity contribution in [2.24, 2.45) is 0 Å². The molecule has 1 aliphatic rings. The Kier molecular flexibility index (Phi) is 4.83. The van der Waals surface area contributed by atoms with Gasteiger partial charge in [-0.25, -0.2) is 9.97 Å². The van der Waals surface area contributed by atoms with Gasteiger partial charge in [0.25, 0.3) is 0 Å². The number of methoxy groups -OCH3 is 1. The van der Waals surface area contributed by atoms with Gasteiger partial charge in [0.1, 0.15) is 23.1 Å². The normalized spacial score (nSPS) is 17.6. The minimum atomic E-state index is -4.48. The largest absolute Gasteiger partial charge is 0.497 e. The van der Waals surface area contributed by atoms with Crippen LogP contribution in [0.25, 0.3) is 0 Å². The highest BCUT2D eigenvalue weighted by molar-refractivity contribution is 5.41. The molecule has 134 valence electrons. The predicted molar refractivity (Wildman–Crippen MR) is 88.8 cm³/mol. The van der Waals surface area contributed by atoms with Crippen LogP contribution < -0.4 is 10.1 Å². The van der Waals surface area contributed by atoms with Gasteiger partial charge in [-0.1, -0.05) is 6.07 Å². The van der Waals surface area contributed by atoms with E-state index in [4.69, 9.17) is 4.74 Å². The van der Waals surface area contributed by atoms with Gasteiger partial charge in [-0.05, 0) is 55.9 Å². The van der Waals surface area contributed by atoms with Crippen molar-refractivity contribution in [3.05, 3.63) is 46.9 Å². The third kappa shape index (κ3) is 4.21. The van der Waals surface area contributed by atoms with Gasteiger partial charge in [0, 0.05) is 12.1 Å². The molecule has 0 radical (unpaired) electrons.